The monoisotopic (exact) mass is 964 g/mol. The molecule has 0 atom stereocenters. The summed E-state index contributed by atoms with van der Waals surface area (Å²) in [6.07, 6.45) is 0. The normalized spacial score (nSPS) is 14.1. The highest BCUT2D eigenvalue weighted by Gasteiger charge is 2.53. The minimum Gasteiger partial charge on any atom is -0.309 e. The van der Waals surface area contributed by atoms with E-state index in [1.165, 1.54) is 138 Å². The summed E-state index contributed by atoms with van der Waals surface area (Å²) in [4.78, 5) is 2.53. The van der Waals surface area contributed by atoms with E-state index in [2.05, 4.69) is 278 Å². The molecule has 2 nitrogen and oxygen atoms in total. The van der Waals surface area contributed by atoms with E-state index in [9.17, 15) is 0 Å². The van der Waals surface area contributed by atoms with Crippen molar-refractivity contribution in [3.05, 3.63) is 310 Å². The molecule has 0 fully saturated rings. The fourth-order valence-electron chi connectivity index (χ4n) is 15.0. The molecular weight excluding hydrogens is 917 g/mol. The lowest BCUT2D eigenvalue weighted by Crippen LogP contribution is -2.33. The summed E-state index contributed by atoms with van der Waals surface area (Å²) in [5.41, 5.74) is 29.6. The molecule has 0 saturated carbocycles. The first-order valence-electron chi connectivity index (χ1n) is 26.7. The van der Waals surface area contributed by atoms with Gasteiger partial charge in [-0.05, 0) is 157 Å². The van der Waals surface area contributed by atoms with E-state index in [0.717, 1.165) is 17.1 Å². The molecule has 2 heteroatoms. The smallest absolute Gasteiger partial charge is 0.0754 e. The van der Waals surface area contributed by atoms with Gasteiger partial charge in [-0.3, -0.25) is 0 Å². The van der Waals surface area contributed by atoms with Gasteiger partial charge in [-0.25, -0.2) is 0 Å². The lowest BCUT2D eigenvalue weighted by molar-refractivity contribution is 0.748. The summed E-state index contributed by atoms with van der Waals surface area (Å²) in [5.74, 6) is 0. The predicted molar refractivity (Wildman–Crippen MR) is 315 cm³/mol. The van der Waals surface area contributed by atoms with Crippen LogP contribution in [0, 0.1) is 13.8 Å². The van der Waals surface area contributed by atoms with Gasteiger partial charge in [-0.1, -0.05) is 211 Å². The van der Waals surface area contributed by atoms with Crippen LogP contribution in [0.3, 0.4) is 0 Å². The second-order valence-corrected chi connectivity index (χ2v) is 21.6. The molecule has 3 aliphatic carbocycles. The maximum atomic E-state index is 2.57. The van der Waals surface area contributed by atoms with Crippen molar-refractivity contribution in [2.24, 2.45) is 0 Å². The number of rotatable bonds is 4. The molecule has 0 saturated heterocycles. The molecule has 0 unspecified atom stereocenters. The van der Waals surface area contributed by atoms with Crippen molar-refractivity contribution in [3.8, 4) is 50.2 Å². The zero-order valence-corrected chi connectivity index (χ0v) is 42.1. The molecule has 354 valence electrons. The third kappa shape index (κ3) is 5.16. The Bertz CT molecular complexity index is 4580. The van der Waals surface area contributed by atoms with Crippen LogP contribution in [0.25, 0.3) is 82.8 Å². The Morgan fingerprint density at radius 1 is 0.329 bits per heavy atom. The summed E-state index contributed by atoms with van der Waals surface area (Å²) >= 11 is 0. The van der Waals surface area contributed by atoms with Crippen LogP contribution in [0.4, 0.5) is 17.1 Å². The Morgan fingerprint density at radius 3 is 1.51 bits per heavy atom. The van der Waals surface area contributed by atoms with E-state index in [0.29, 0.717) is 0 Å². The number of fused-ring (bicyclic) bond motifs is 23. The summed E-state index contributed by atoms with van der Waals surface area (Å²) < 4.78 is 2.57. The van der Waals surface area contributed by atoms with Crippen molar-refractivity contribution >= 4 is 49.6 Å². The lowest BCUT2D eigenvalue weighted by Gasteiger charge is -2.40. The number of nitrogens with zero attached hydrogens (tertiary/aromatic N) is 2. The first kappa shape index (κ1) is 41.9. The minimum absolute atomic E-state index is 0.454. The summed E-state index contributed by atoms with van der Waals surface area (Å²) in [5, 5.41) is 5.04. The number of benzene rings is 12. The third-order valence-electron chi connectivity index (χ3n) is 17.9. The fraction of sp³-hybridized carbons (Fsp3) is 0.0541. The van der Waals surface area contributed by atoms with Crippen LogP contribution in [-0.4, -0.2) is 4.57 Å². The van der Waals surface area contributed by atoms with Crippen LogP contribution in [0.2, 0.25) is 0 Å². The first-order valence-corrected chi connectivity index (χ1v) is 26.7. The lowest BCUT2D eigenvalue weighted by atomic mass is 9.65. The highest BCUT2D eigenvalue weighted by molar-refractivity contribution is 6.14. The molecule has 13 aromatic rings. The summed E-state index contributed by atoms with van der Waals surface area (Å²) in [6, 6.07) is 96.9. The Kier molecular flexibility index (Phi) is 8.31. The molecule has 1 aliphatic heterocycles. The van der Waals surface area contributed by atoms with E-state index in [1.807, 2.05) is 0 Å². The van der Waals surface area contributed by atoms with Gasteiger partial charge in [0, 0.05) is 27.4 Å². The van der Waals surface area contributed by atoms with E-state index in [-0.39, 0.29) is 0 Å². The molecule has 0 amide bonds. The maximum absolute atomic E-state index is 2.57. The van der Waals surface area contributed by atoms with Gasteiger partial charge in [0.1, 0.15) is 0 Å². The van der Waals surface area contributed by atoms with Crippen molar-refractivity contribution < 1.29 is 0 Å². The van der Waals surface area contributed by atoms with E-state index in [1.54, 1.807) is 0 Å². The molecule has 1 aromatic heterocycles. The van der Waals surface area contributed by atoms with Gasteiger partial charge in [-0.2, -0.15) is 0 Å². The zero-order chi connectivity index (χ0) is 50.0. The van der Waals surface area contributed by atoms with Crippen molar-refractivity contribution in [1.82, 2.24) is 4.57 Å². The SMILES string of the molecule is Cc1ccc2c(c1)c1cc(C)cc3c1n2-c1ccc(-c2ccc(N(c4cccc5c4-c4ccccc4C54c5ccccc5-c5ccccc54)c4cccc5ccccc45)cc2)cc1C31c2ccccc2-c2ccccc21. The average molecular weight is 965 g/mol. The Hall–Kier alpha value is -9.50. The van der Waals surface area contributed by atoms with Gasteiger partial charge < -0.3 is 9.47 Å². The molecule has 2 spiro atoms. The molecule has 17 rings (SSSR count). The molecule has 2 heterocycles. The van der Waals surface area contributed by atoms with E-state index in [4.69, 9.17) is 0 Å². The molecule has 4 aliphatic rings. The second-order valence-electron chi connectivity index (χ2n) is 21.6. The fourth-order valence-corrected chi connectivity index (χ4v) is 15.0. The molecule has 0 bridgehead atoms. The summed E-state index contributed by atoms with van der Waals surface area (Å²) in [7, 11) is 0. The van der Waals surface area contributed by atoms with E-state index < -0.39 is 10.8 Å². The topological polar surface area (TPSA) is 8.17 Å². The Balaban J connectivity index is 0.891. The minimum atomic E-state index is -0.533. The van der Waals surface area contributed by atoms with Crippen molar-refractivity contribution in [2.75, 3.05) is 4.90 Å². The number of hydrogen-bond acceptors (Lipinski definition) is 1. The molecule has 12 aromatic carbocycles. The standard InChI is InChI=1S/C74H48N2/c1-45-33-39-68-57(41-45)58-42-46(2)43-66-72(58)76(68)69-40-36-49(44-65(69)74(66)61-27-12-7-22-54(61)55-23-8-13-28-62(55)74)47-34-37-50(38-35-47)75(67-31-15-18-48-17-3-4-19-51(48)67)70-32-16-30-64-71(70)56-24-9-14-29-63(56)73(64)59-25-10-5-20-52(59)53-21-6-11-26-60(53)73/h3-44H,1-2H3. The first-order chi connectivity index (χ1) is 37.5. The zero-order valence-electron chi connectivity index (χ0n) is 42.1. The van der Waals surface area contributed by atoms with E-state index >= 15 is 0 Å². The van der Waals surface area contributed by atoms with Crippen LogP contribution in [-0.2, 0) is 10.8 Å². The second kappa shape index (κ2) is 15.1. The highest BCUT2D eigenvalue weighted by Crippen LogP contribution is 2.66. The van der Waals surface area contributed by atoms with Crippen molar-refractivity contribution in [3.63, 3.8) is 0 Å². The van der Waals surface area contributed by atoms with Crippen LogP contribution in [0.1, 0.15) is 55.6 Å². The van der Waals surface area contributed by atoms with Gasteiger partial charge in [-0.15, -0.1) is 0 Å². The van der Waals surface area contributed by atoms with Gasteiger partial charge in [0.25, 0.3) is 0 Å². The quantitative estimate of drug-likeness (QED) is 0.171. The van der Waals surface area contributed by atoms with Gasteiger partial charge in [0.2, 0.25) is 0 Å². The maximum Gasteiger partial charge on any atom is 0.0754 e. The Labute approximate surface area is 442 Å². The highest BCUT2D eigenvalue weighted by atomic mass is 15.1. The molecule has 0 radical (unpaired) electrons. The van der Waals surface area contributed by atoms with Crippen molar-refractivity contribution in [1.29, 1.82) is 0 Å². The van der Waals surface area contributed by atoms with Gasteiger partial charge in [0.05, 0.1) is 38.9 Å². The molecular formula is C74H48N2. The Morgan fingerprint density at radius 2 is 0.842 bits per heavy atom. The van der Waals surface area contributed by atoms with Crippen molar-refractivity contribution in [2.45, 2.75) is 24.7 Å². The third-order valence-corrected chi connectivity index (χ3v) is 17.9. The predicted octanol–water partition coefficient (Wildman–Crippen LogP) is 18.7. The van der Waals surface area contributed by atoms with Gasteiger partial charge >= 0.3 is 0 Å². The summed E-state index contributed by atoms with van der Waals surface area (Å²) in [6.45, 7) is 4.49. The number of hydrogen-bond donors (Lipinski definition) is 0. The van der Waals surface area contributed by atoms with Crippen LogP contribution >= 0.6 is 0 Å². The average Bonchev–Trinajstić information content (AvgIpc) is 4.32. The van der Waals surface area contributed by atoms with Crippen LogP contribution in [0.15, 0.2) is 255 Å². The number of aryl methyl sites for hydroxylation is 2. The molecule has 0 N–H and O–H groups in total. The largest absolute Gasteiger partial charge is 0.309 e. The number of aromatic nitrogens is 1. The molecule has 76 heavy (non-hydrogen) atoms. The van der Waals surface area contributed by atoms with Gasteiger partial charge in [0.15, 0.2) is 0 Å². The van der Waals surface area contributed by atoms with Crippen LogP contribution < -0.4 is 4.90 Å². The van der Waals surface area contributed by atoms with Crippen LogP contribution in [0.5, 0.6) is 0 Å². The number of anilines is 3.